The van der Waals surface area contributed by atoms with Crippen molar-refractivity contribution >= 4 is 34.2 Å². The van der Waals surface area contributed by atoms with Gasteiger partial charge in [0, 0.05) is 21.8 Å². The molecule has 0 aromatic heterocycles. The summed E-state index contributed by atoms with van der Waals surface area (Å²) in [6, 6.07) is 8.39. The Morgan fingerprint density at radius 2 is 2.40 bits per heavy atom. The number of carbonyl (C=O) groups excluding carboxylic acids is 1. The normalized spacial score (nSPS) is 18.4. The lowest BCUT2D eigenvalue weighted by Crippen LogP contribution is -2.42. The minimum absolute atomic E-state index is 0.0763. The fraction of sp³-hybridized carbons (Fsp3) is 0.533. The van der Waals surface area contributed by atoms with Crippen LogP contribution in [0.2, 0.25) is 0 Å². The Morgan fingerprint density at radius 1 is 1.55 bits per heavy atom. The van der Waals surface area contributed by atoms with Crippen LogP contribution in [0, 0.1) is 3.57 Å². The minimum atomic E-state index is 0.0763. The third kappa shape index (κ3) is 4.71. The van der Waals surface area contributed by atoms with Gasteiger partial charge in [-0.3, -0.25) is 9.69 Å². The second-order valence-corrected chi connectivity index (χ2v) is 6.42. The number of rotatable bonds is 6. The summed E-state index contributed by atoms with van der Waals surface area (Å²) in [5.41, 5.74) is 0.878. The van der Waals surface area contributed by atoms with Crippen LogP contribution in [0.25, 0.3) is 0 Å². The predicted octanol–water partition coefficient (Wildman–Crippen LogP) is 2.30. The molecule has 0 aliphatic carbocycles. The summed E-state index contributed by atoms with van der Waals surface area (Å²) < 4.78 is 1.13. The SMILES string of the molecule is CCCN(CC(=O)Nc1cccc(I)c1)C1CCNC1. The first-order chi connectivity index (χ1) is 9.69. The van der Waals surface area contributed by atoms with Crippen molar-refractivity contribution in [3.8, 4) is 0 Å². The van der Waals surface area contributed by atoms with Crippen LogP contribution in [0.1, 0.15) is 19.8 Å². The van der Waals surface area contributed by atoms with E-state index in [0.717, 1.165) is 41.7 Å². The zero-order valence-corrected chi connectivity index (χ0v) is 14.0. The molecule has 1 aliphatic heterocycles. The number of anilines is 1. The second-order valence-electron chi connectivity index (χ2n) is 5.18. The largest absolute Gasteiger partial charge is 0.325 e. The molecular formula is C15H22IN3O. The molecule has 0 saturated carbocycles. The highest BCUT2D eigenvalue weighted by Crippen LogP contribution is 2.13. The highest BCUT2D eigenvalue weighted by Gasteiger charge is 2.23. The number of nitrogens with zero attached hydrogens (tertiary/aromatic N) is 1. The number of amides is 1. The fourth-order valence-electron chi connectivity index (χ4n) is 2.58. The summed E-state index contributed by atoms with van der Waals surface area (Å²) in [5, 5.41) is 6.36. The van der Waals surface area contributed by atoms with Crippen LogP contribution in [0.3, 0.4) is 0 Å². The number of nitrogens with one attached hydrogen (secondary N) is 2. The van der Waals surface area contributed by atoms with E-state index < -0.39 is 0 Å². The fourth-order valence-corrected chi connectivity index (χ4v) is 3.12. The summed E-state index contributed by atoms with van der Waals surface area (Å²) in [4.78, 5) is 14.5. The lowest BCUT2D eigenvalue weighted by atomic mass is 10.2. The smallest absolute Gasteiger partial charge is 0.238 e. The molecule has 1 aromatic rings. The van der Waals surface area contributed by atoms with E-state index in [-0.39, 0.29) is 5.91 Å². The third-order valence-electron chi connectivity index (χ3n) is 3.52. The van der Waals surface area contributed by atoms with E-state index >= 15 is 0 Å². The standard InChI is InChI=1S/C15H22IN3O/c1-2-8-19(14-6-7-17-10-14)11-15(20)18-13-5-3-4-12(16)9-13/h3-5,9,14,17H,2,6-8,10-11H2,1H3,(H,18,20). The van der Waals surface area contributed by atoms with E-state index in [1.54, 1.807) is 0 Å². The van der Waals surface area contributed by atoms with Gasteiger partial charge in [-0.15, -0.1) is 0 Å². The predicted molar refractivity (Wildman–Crippen MR) is 90.9 cm³/mol. The summed E-state index contributed by atoms with van der Waals surface area (Å²) in [5.74, 6) is 0.0763. The number of hydrogen-bond donors (Lipinski definition) is 2. The molecular weight excluding hydrogens is 365 g/mol. The minimum Gasteiger partial charge on any atom is -0.325 e. The molecule has 0 radical (unpaired) electrons. The van der Waals surface area contributed by atoms with Gasteiger partial charge in [-0.25, -0.2) is 0 Å². The number of halogens is 1. The van der Waals surface area contributed by atoms with Gasteiger partial charge in [-0.1, -0.05) is 13.0 Å². The first-order valence-corrected chi connectivity index (χ1v) is 8.27. The molecule has 20 heavy (non-hydrogen) atoms. The van der Waals surface area contributed by atoms with Crippen molar-refractivity contribution in [1.29, 1.82) is 0 Å². The summed E-state index contributed by atoms with van der Waals surface area (Å²) in [6.45, 7) is 5.67. The lowest BCUT2D eigenvalue weighted by Gasteiger charge is -2.27. The summed E-state index contributed by atoms with van der Waals surface area (Å²) in [6.07, 6.45) is 2.21. The molecule has 1 atom stereocenters. The molecule has 1 saturated heterocycles. The topological polar surface area (TPSA) is 44.4 Å². The van der Waals surface area contributed by atoms with E-state index in [1.165, 1.54) is 0 Å². The average molecular weight is 387 g/mol. The van der Waals surface area contributed by atoms with Crippen LogP contribution < -0.4 is 10.6 Å². The second kappa shape index (κ2) is 7.95. The van der Waals surface area contributed by atoms with Crippen LogP contribution in [-0.4, -0.2) is 43.0 Å². The molecule has 5 heteroatoms. The third-order valence-corrected chi connectivity index (χ3v) is 4.19. The Kier molecular flexibility index (Phi) is 6.25. The Balaban J connectivity index is 1.90. The maximum Gasteiger partial charge on any atom is 0.238 e. The Labute approximate surface area is 134 Å². The van der Waals surface area contributed by atoms with Crippen LogP contribution in [-0.2, 0) is 4.79 Å². The van der Waals surface area contributed by atoms with Gasteiger partial charge in [0.1, 0.15) is 0 Å². The molecule has 0 spiro atoms. The van der Waals surface area contributed by atoms with Gasteiger partial charge < -0.3 is 10.6 Å². The van der Waals surface area contributed by atoms with E-state index in [9.17, 15) is 4.79 Å². The van der Waals surface area contributed by atoms with Crippen molar-refractivity contribution in [2.45, 2.75) is 25.8 Å². The van der Waals surface area contributed by atoms with Crippen LogP contribution in [0.4, 0.5) is 5.69 Å². The Morgan fingerprint density at radius 3 is 3.05 bits per heavy atom. The van der Waals surface area contributed by atoms with Crippen molar-refractivity contribution in [2.24, 2.45) is 0 Å². The van der Waals surface area contributed by atoms with Gasteiger partial charge >= 0.3 is 0 Å². The first-order valence-electron chi connectivity index (χ1n) is 7.19. The van der Waals surface area contributed by atoms with Crippen molar-refractivity contribution in [3.63, 3.8) is 0 Å². The maximum absolute atomic E-state index is 12.2. The van der Waals surface area contributed by atoms with Crippen LogP contribution in [0.5, 0.6) is 0 Å². The molecule has 1 aliphatic rings. The monoisotopic (exact) mass is 387 g/mol. The molecule has 1 aromatic carbocycles. The van der Waals surface area contributed by atoms with Crippen molar-refractivity contribution in [3.05, 3.63) is 27.8 Å². The van der Waals surface area contributed by atoms with Gasteiger partial charge in [0.15, 0.2) is 0 Å². The van der Waals surface area contributed by atoms with Gasteiger partial charge in [-0.05, 0) is 66.7 Å². The zero-order valence-electron chi connectivity index (χ0n) is 11.9. The van der Waals surface area contributed by atoms with E-state index in [4.69, 9.17) is 0 Å². The maximum atomic E-state index is 12.2. The lowest BCUT2D eigenvalue weighted by molar-refractivity contribution is -0.117. The zero-order chi connectivity index (χ0) is 14.4. The number of carbonyl (C=O) groups is 1. The summed E-state index contributed by atoms with van der Waals surface area (Å²) in [7, 11) is 0. The molecule has 1 heterocycles. The van der Waals surface area contributed by atoms with E-state index in [0.29, 0.717) is 12.6 Å². The average Bonchev–Trinajstić information content (AvgIpc) is 2.92. The van der Waals surface area contributed by atoms with Crippen molar-refractivity contribution < 1.29 is 4.79 Å². The van der Waals surface area contributed by atoms with Gasteiger partial charge in [0.2, 0.25) is 5.91 Å². The highest BCUT2D eigenvalue weighted by molar-refractivity contribution is 14.1. The van der Waals surface area contributed by atoms with E-state index in [1.807, 2.05) is 24.3 Å². The molecule has 110 valence electrons. The Hall–Kier alpha value is -0.660. The van der Waals surface area contributed by atoms with Crippen LogP contribution in [0.15, 0.2) is 24.3 Å². The van der Waals surface area contributed by atoms with Crippen LogP contribution >= 0.6 is 22.6 Å². The molecule has 1 amide bonds. The van der Waals surface area contributed by atoms with Crippen molar-refractivity contribution in [2.75, 3.05) is 31.5 Å². The molecule has 2 rings (SSSR count). The molecule has 0 bridgehead atoms. The first kappa shape index (κ1) is 15.7. The molecule has 1 unspecified atom stereocenters. The van der Waals surface area contributed by atoms with E-state index in [2.05, 4.69) is 45.0 Å². The van der Waals surface area contributed by atoms with Gasteiger partial charge in [-0.2, -0.15) is 0 Å². The van der Waals surface area contributed by atoms with Gasteiger partial charge in [0.25, 0.3) is 0 Å². The van der Waals surface area contributed by atoms with Crippen molar-refractivity contribution in [1.82, 2.24) is 10.2 Å². The summed E-state index contributed by atoms with van der Waals surface area (Å²) >= 11 is 2.25. The quantitative estimate of drug-likeness (QED) is 0.737. The molecule has 4 nitrogen and oxygen atoms in total. The number of benzene rings is 1. The molecule has 1 fully saturated rings. The highest BCUT2D eigenvalue weighted by atomic mass is 127. The van der Waals surface area contributed by atoms with Gasteiger partial charge in [0.05, 0.1) is 6.54 Å². The number of hydrogen-bond acceptors (Lipinski definition) is 3. The molecule has 2 N–H and O–H groups in total. The Bertz CT molecular complexity index is 446.